The predicted molar refractivity (Wildman–Crippen MR) is 155 cm³/mol. The van der Waals surface area contributed by atoms with E-state index in [0.717, 1.165) is 15.9 Å². The van der Waals surface area contributed by atoms with E-state index in [0.29, 0.717) is 6.42 Å². The molecule has 9 nitrogen and oxygen atoms in total. The summed E-state index contributed by atoms with van der Waals surface area (Å²) in [4.78, 5) is 40.7. The third-order valence-electron chi connectivity index (χ3n) is 6.21. The van der Waals surface area contributed by atoms with Crippen molar-refractivity contribution in [3.05, 3.63) is 71.6 Å². The number of hydrogen-bond donors (Lipinski definition) is 3. The molecule has 0 aliphatic carbocycles. The van der Waals surface area contributed by atoms with Crippen LogP contribution in [0.4, 0.5) is 0 Å². The zero-order valence-electron chi connectivity index (χ0n) is 23.8. The molecule has 0 bridgehead atoms. The fourth-order valence-corrected chi connectivity index (χ4v) is 5.40. The number of aromatic hydroxyl groups is 1. The quantitative estimate of drug-likeness (QED) is 0.333. The van der Waals surface area contributed by atoms with Gasteiger partial charge in [0.15, 0.2) is 9.84 Å². The second-order valence-corrected chi connectivity index (χ2v) is 12.6. The maximum absolute atomic E-state index is 13.7. The Morgan fingerprint density at radius 1 is 0.950 bits per heavy atom. The van der Waals surface area contributed by atoms with Crippen LogP contribution in [0.1, 0.15) is 53.0 Å². The summed E-state index contributed by atoms with van der Waals surface area (Å²) in [5, 5.41) is 13.5. The Bertz CT molecular complexity index is 1270. The molecule has 0 fully saturated rings. The van der Waals surface area contributed by atoms with Crippen LogP contribution < -0.4 is 11.1 Å². The first kappa shape index (κ1) is 32.7. The highest BCUT2D eigenvalue weighted by molar-refractivity contribution is 7.94. The number of rotatable bonds is 13. The summed E-state index contributed by atoms with van der Waals surface area (Å²) < 4.78 is 25.8. The molecule has 3 amide bonds. The van der Waals surface area contributed by atoms with E-state index in [1.165, 1.54) is 37.3 Å². The molecule has 0 radical (unpaired) electrons. The molecule has 218 valence electrons. The number of nitrogens with one attached hydrogen (secondary N) is 1. The van der Waals surface area contributed by atoms with E-state index in [1.807, 2.05) is 27.7 Å². The maximum Gasteiger partial charge on any atom is 0.246 e. The van der Waals surface area contributed by atoms with Crippen molar-refractivity contribution in [2.45, 2.75) is 76.9 Å². The Kier molecular flexibility index (Phi) is 12.1. The van der Waals surface area contributed by atoms with E-state index in [9.17, 15) is 27.9 Å². The number of carbonyl (C=O) groups excluding carboxylic acids is 3. The first-order valence-corrected chi connectivity index (χ1v) is 14.9. The molecule has 40 heavy (non-hydrogen) atoms. The molecule has 0 heterocycles. The monoisotopic (exact) mass is 571 g/mol. The second-order valence-electron chi connectivity index (χ2n) is 10.8. The number of benzene rings is 2. The lowest BCUT2D eigenvalue weighted by atomic mass is 9.97. The van der Waals surface area contributed by atoms with Crippen LogP contribution in [0, 0.1) is 11.8 Å². The van der Waals surface area contributed by atoms with Gasteiger partial charge in [0.25, 0.3) is 0 Å². The molecule has 0 unspecified atom stereocenters. The number of phenolic OH excluding ortho intramolecular Hbond substituents is 1. The molecule has 0 saturated carbocycles. The SMILES string of the molecule is CC(=O)N(C(=O)[C@@H](N)CC(C)C)[C@@H](CC(C)C)C(=O)N[C@H](C=CS(=O)(=O)c1ccccc1)Cc1ccc(O)cc1. The van der Waals surface area contributed by atoms with E-state index in [2.05, 4.69) is 5.32 Å². The number of nitrogens with two attached hydrogens (primary N) is 1. The lowest BCUT2D eigenvalue weighted by Crippen LogP contribution is -2.57. The summed E-state index contributed by atoms with van der Waals surface area (Å²) in [6, 6.07) is 11.3. The Morgan fingerprint density at radius 2 is 1.52 bits per heavy atom. The van der Waals surface area contributed by atoms with Gasteiger partial charge in [-0.25, -0.2) is 8.42 Å². The lowest BCUT2D eigenvalue weighted by Gasteiger charge is -2.32. The van der Waals surface area contributed by atoms with Crippen LogP contribution in [0.15, 0.2) is 71.0 Å². The van der Waals surface area contributed by atoms with Crippen LogP contribution in [-0.2, 0) is 30.6 Å². The Hall–Kier alpha value is -3.50. The van der Waals surface area contributed by atoms with Crippen molar-refractivity contribution in [2.24, 2.45) is 17.6 Å². The van der Waals surface area contributed by atoms with Crippen LogP contribution in [0.3, 0.4) is 0 Å². The third-order valence-corrected chi connectivity index (χ3v) is 7.65. The normalized spacial score (nSPS) is 14.2. The predicted octanol–water partition coefficient (Wildman–Crippen LogP) is 3.57. The van der Waals surface area contributed by atoms with Crippen molar-refractivity contribution >= 4 is 27.6 Å². The summed E-state index contributed by atoms with van der Waals surface area (Å²) in [6.45, 7) is 8.79. The first-order chi connectivity index (χ1) is 18.7. The van der Waals surface area contributed by atoms with Crippen LogP contribution in [0.25, 0.3) is 0 Å². The van der Waals surface area contributed by atoms with Gasteiger partial charge in [0, 0.05) is 12.3 Å². The molecule has 4 N–H and O–H groups in total. The topological polar surface area (TPSA) is 147 Å². The number of phenols is 1. The van der Waals surface area contributed by atoms with Crippen molar-refractivity contribution in [1.82, 2.24) is 10.2 Å². The number of sulfone groups is 1. The molecular formula is C30H41N3O6S. The highest BCUT2D eigenvalue weighted by Crippen LogP contribution is 2.18. The van der Waals surface area contributed by atoms with Gasteiger partial charge in [-0.3, -0.25) is 19.3 Å². The van der Waals surface area contributed by atoms with Gasteiger partial charge >= 0.3 is 0 Å². The Morgan fingerprint density at radius 3 is 2.05 bits per heavy atom. The number of amides is 3. The number of imide groups is 1. The second kappa shape index (κ2) is 14.8. The number of nitrogens with zero attached hydrogens (tertiary/aromatic N) is 1. The minimum atomic E-state index is -3.80. The van der Waals surface area contributed by atoms with Crippen LogP contribution in [0.5, 0.6) is 5.75 Å². The van der Waals surface area contributed by atoms with Gasteiger partial charge in [-0.15, -0.1) is 0 Å². The van der Waals surface area contributed by atoms with Crippen molar-refractivity contribution in [1.29, 1.82) is 0 Å². The van der Waals surface area contributed by atoms with Crippen molar-refractivity contribution in [3.63, 3.8) is 0 Å². The van der Waals surface area contributed by atoms with Gasteiger partial charge in [0.05, 0.1) is 17.0 Å². The highest BCUT2D eigenvalue weighted by atomic mass is 32.2. The molecular weight excluding hydrogens is 530 g/mol. The lowest BCUT2D eigenvalue weighted by molar-refractivity contribution is -0.152. The fraction of sp³-hybridized carbons (Fsp3) is 0.433. The summed E-state index contributed by atoms with van der Waals surface area (Å²) in [6.07, 6.45) is 2.12. The van der Waals surface area contributed by atoms with Gasteiger partial charge in [-0.2, -0.15) is 0 Å². The van der Waals surface area contributed by atoms with Crippen molar-refractivity contribution in [3.8, 4) is 5.75 Å². The number of carbonyl (C=O) groups is 3. The molecule has 2 aromatic carbocycles. The largest absolute Gasteiger partial charge is 0.508 e. The van der Waals surface area contributed by atoms with Crippen LogP contribution in [0.2, 0.25) is 0 Å². The maximum atomic E-state index is 13.7. The molecule has 2 aromatic rings. The molecule has 0 spiro atoms. The van der Waals surface area contributed by atoms with E-state index in [1.54, 1.807) is 30.3 Å². The Labute approximate surface area is 237 Å². The molecule has 0 saturated heterocycles. The van der Waals surface area contributed by atoms with Crippen LogP contribution >= 0.6 is 0 Å². The zero-order valence-corrected chi connectivity index (χ0v) is 24.6. The molecule has 0 aromatic heterocycles. The summed E-state index contributed by atoms with van der Waals surface area (Å²) in [7, 11) is -3.80. The van der Waals surface area contributed by atoms with Gasteiger partial charge in [-0.1, -0.05) is 64.1 Å². The molecule has 10 heteroatoms. The summed E-state index contributed by atoms with van der Waals surface area (Å²) >= 11 is 0. The average molecular weight is 572 g/mol. The third kappa shape index (κ3) is 9.91. The number of hydrogen-bond acceptors (Lipinski definition) is 7. The van der Waals surface area contributed by atoms with Gasteiger partial charge in [0.2, 0.25) is 17.7 Å². The van der Waals surface area contributed by atoms with Crippen molar-refractivity contribution < 1.29 is 27.9 Å². The van der Waals surface area contributed by atoms with Crippen LogP contribution in [-0.4, -0.2) is 54.3 Å². The molecule has 3 atom stereocenters. The first-order valence-electron chi connectivity index (χ1n) is 13.4. The molecule has 0 aliphatic heterocycles. The minimum Gasteiger partial charge on any atom is -0.508 e. The zero-order chi connectivity index (χ0) is 30.0. The molecule has 0 aliphatic rings. The summed E-state index contributed by atoms with van der Waals surface area (Å²) in [5.41, 5.74) is 6.84. The standard InChI is InChI=1S/C30H41N3O6S/c1-20(2)17-27(31)30(37)33(22(5)34)28(18-21(3)4)29(36)32-24(19-23-11-13-25(35)14-12-23)15-16-40(38,39)26-9-7-6-8-10-26/h6-16,20-21,24,27-28,35H,17-19,31H2,1-5H3,(H,32,36)/t24-,27+,28+/m1/s1. The van der Waals surface area contributed by atoms with Gasteiger partial charge < -0.3 is 16.2 Å². The highest BCUT2D eigenvalue weighted by Gasteiger charge is 2.36. The minimum absolute atomic E-state index is 0.0451. The van der Waals surface area contributed by atoms with Gasteiger partial charge in [-0.05, 0) is 60.9 Å². The van der Waals surface area contributed by atoms with E-state index in [4.69, 9.17) is 5.73 Å². The van der Waals surface area contributed by atoms with Gasteiger partial charge in [0.1, 0.15) is 11.8 Å². The van der Waals surface area contributed by atoms with E-state index in [-0.39, 0.29) is 35.3 Å². The average Bonchev–Trinajstić information content (AvgIpc) is 2.87. The van der Waals surface area contributed by atoms with E-state index >= 15 is 0 Å². The van der Waals surface area contributed by atoms with E-state index < -0.39 is 45.7 Å². The fourth-order valence-electron chi connectivity index (χ4n) is 4.31. The Balaban J connectivity index is 2.43. The van der Waals surface area contributed by atoms with Crippen molar-refractivity contribution in [2.75, 3.05) is 0 Å². The molecule has 2 rings (SSSR count). The summed E-state index contributed by atoms with van der Waals surface area (Å²) in [5.74, 6) is -1.69. The smallest absolute Gasteiger partial charge is 0.246 e.